The predicted octanol–water partition coefficient (Wildman–Crippen LogP) is 2.76. The summed E-state index contributed by atoms with van der Waals surface area (Å²) in [6, 6.07) is 11.9. The van der Waals surface area contributed by atoms with Crippen molar-refractivity contribution in [2.24, 2.45) is 0 Å². The molecule has 1 aliphatic heterocycles. The van der Waals surface area contributed by atoms with Gasteiger partial charge in [0.25, 0.3) is 5.91 Å². The van der Waals surface area contributed by atoms with Crippen LogP contribution in [0.1, 0.15) is 36.9 Å². The van der Waals surface area contributed by atoms with Crippen LogP contribution < -0.4 is 10.1 Å². The van der Waals surface area contributed by atoms with E-state index < -0.39 is 0 Å². The quantitative estimate of drug-likeness (QED) is 0.910. The van der Waals surface area contributed by atoms with Crippen LogP contribution in [0.15, 0.2) is 48.8 Å². The Morgan fingerprint density at radius 3 is 2.80 bits per heavy atom. The van der Waals surface area contributed by atoms with Gasteiger partial charge in [0.1, 0.15) is 5.75 Å². The Morgan fingerprint density at radius 2 is 2.12 bits per heavy atom. The number of benzene rings is 1. The summed E-state index contributed by atoms with van der Waals surface area (Å²) in [6.07, 6.45) is 3.57. The Balaban J connectivity index is 1.63. The van der Waals surface area contributed by atoms with Crippen LogP contribution in [0.5, 0.6) is 5.75 Å². The molecule has 1 atom stereocenters. The van der Waals surface area contributed by atoms with E-state index in [1.165, 1.54) is 5.56 Å². The highest BCUT2D eigenvalue weighted by molar-refractivity contribution is 5.78. The molecule has 1 aromatic heterocycles. The lowest BCUT2D eigenvalue weighted by Gasteiger charge is -2.36. The van der Waals surface area contributed by atoms with Crippen molar-refractivity contribution < 1.29 is 9.53 Å². The molecule has 0 aliphatic carbocycles. The second kappa shape index (κ2) is 8.12. The molecule has 2 aromatic rings. The molecule has 5 nitrogen and oxygen atoms in total. The number of carbonyl (C=O) groups excluding carboxylic acids is 1. The number of carbonyl (C=O) groups is 1. The first-order valence-electron chi connectivity index (χ1n) is 8.78. The molecule has 3 rings (SSSR count). The normalized spacial score (nSPS) is 17.6. The van der Waals surface area contributed by atoms with Crippen molar-refractivity contribution in [1.82, 2.24) is 15.2 Å². The minimum atomic E-state index is 0.00173. The van der Waals surface area contributed by atoms with Gasteiger partial charge in [-0.05, 0) is 35.2 Å². The first kappa shape index (κ1) is 17.4. The Kier molecular flexibility index (Phi) is 5.66. The molecule has 1 saturated heterocycles. The highest BCUT2D eigenvalue weighted by atomic mass is 16.5. The van der Waals surface area contributed by atoms with Gasteiger partial charge in [0, 0.05) is 32.0 Å². The van der Waals surface area contributed by atoms with Gasteiger partial charge in [0.15, 0.2) is 6.61 Å². The summed E-state index contributed by atoms with van der Waals surface area (Å²) in [5.41, 5.74) is 2.31. The number of rotatable bonds is 5. The third-order valence-electron chi connectivity index (χ3n) is 4.54. The average Bonchev–Trinajstić information content (AvgIpc) is 2.67. The zero-order valence-corrected chi connectivity index (χ0v) is 14.8. The molecule has 1 aromatic carbocycles. The molecule has 5 heteroatoms. The summed E-state index contributed by atoms with van der Waals surface area (Å²) in [5.74, 6) is 1.21. The van der Waals surface area contributed by atoms with E-state index in [2.05, 4.69) is 24.1 Å². The van der Waals surface area contributed by atoms with E-state index in [4.69, 9.17) is 4.74 Å². The maximum Gasteiger partial charge on any atom is 0.261 e. The lowest BCUT2D eigenvalue weighted by molar-refractivity contribution is -0.136. The molecule has 132 valence electrons. The predicted molar refractivity (Wildman–Crippen MR) is 97.6 cm³/mol. The highest BCUT2D eigenvalue weighted by Crippen LogP contribution is 2.22. The van der Waals surface area contributed by atoms with Crippen LogP contribution in [0.3, 0.4) is 0 Å². The number of nitrogens with one attached hydrogen (secondary N) is 1. The van der Waals surface area contributed by atoms with E-state index >= 15 is 0 Å². The molecule has 0 bridgehead atoms. The summed E-state index contributed by atoms with van der Waals surface area (Å²) < 4.78 is 5.71. The van der Waals surface area contributed by atoms with Crippen molar-refractivity contribution in [1.29, 1.82) is 0 Å². The monoisotopic (exact) mass is 339 g/mol. The number of nitrogens with zero attached hydrogens (tertiary/aromatic N) is 2. The topological polar surface area (TPSA) is 54.5 Å². The maximum absolute atomic E-state index is 12.7. The van der Waals surface area contributed by atoms with Gasteiger partial charge in [0.05, 0.1) is 6.04 Å². The van der Waals surface area contributed by atoms with Crippen LogP contribution in [0.4, 0.5) is 0 Å². The fraction of sp³-hybridized carbons (Fsp3) is 0.400. The molecule has 1 aliphatic rings. The standard InChI is InChI=1S/C20H25N3O2/c1-15(2)16-5-7-18(8-6-16)25-14-20(24)23-11-10-22-13-19(23)17-4-3-9-21-12-17/h3-9,12,15,19,22H,10-11,13-14H2,1-2H3. The van der Waals surface area contributed by atoms with E-state index in [-0.39, 0.29) is 18.6 Å². The van der Waals surface area contributed by atoms with Gasteiger partial charge in [-0.3, -0.25) is 9.78 Å². The minimum Gasteiger partial charge on any atom is -0.484 e. The Labute approximate surface area is 149 Å². The molecule has 1 fully saturated rings. The van der Waals surface area contributed by atoms with Gasteiger partial charge in [-0.25, -0.2) is 0 Å². The number of piperazine rings is 1. The summed E-state index contributed by atoms with van der Waals surface area (Å²) in [5, 5.41) is 3.35. The smallest absolute Gasteiger partial charge is 0.261 e. The highest BCUT2D eigenvalue weighted by Gasteiger charge is 2.28. The minimum absolute atomic E-state index is 0.00173. The van der Waals surface area contributed by atoms with Crippen LogP contribution in [-0.4, -0.2) is 42.0 Å². The van der Waals surface area contributed by atoms with Crippen LogP contribution in [0, 0.1) is 0 Å². The number of pyridine rings is 1. The lowest BCUT2D eigenvalue weighted by atomic mass is 10.0. The second-order valence-electron chi connectivity index (χ2n) is 6.61. The van der Waals surface area contributed by atoms with Crippen molar-refractivity contribution in [2.45, 2.75) is 25.8 Å². The Morgan fingerprint density at radius 1 is 1.32 bits per heavy atom. The summed E-state index contributed by atoms with van der Waals surface area (Å²) >= 11 is 0. The van der Waals surface area contributed by atoms with Gasteiger partial charge in [0.2, 0.25) is 0 Å². The molecule has 1 amide bonds. The van der Waals surface area contributed by atoms with Crippen molar-refractivity contribution in [3.05, 3.63) is 59.9 Å². The van der Waals surface area contributed by atoms with Gasteiger partial charge in [-0.2, -0.15) is 0 Å². The number of hydrogen-bond donors (Lipinski definition) is 1. The van der Waals surface area contributed by atoms with E-state index in [9.17, 15) is 4.79 Å². The fourth-order valence-corrected chi connectivity index (χ4v) is 3.05. The summed E-state index contributed by atoms with van der Waals surface area (Å²) in [6.45, 7) is 6.57. The maximum atomic E-state index is 12.7. The van der Waals surface area contributed by atoms with Gasteiger partial charge in [-0.15, -0.1) is 0 Å². The first-order valence-corrected chi connectivity index (χ1v) is 8.78. The molecule has 25 heavy (non-hydrogen) atoms. The molecule has 1 unspecified atom stereocenters. The van der Waals surface area contributed by atoms with E-state index in [0.717, 1.165) is 24.4 Å². The van der Waals surface area contributed by atoms with Crippen molar-refractivity contribution in [3.63, 3.8) is 0 Å². The van der Waals surface area contributed by atoms with Crippen LogP contribution >= 0.6 is 0 Å². The van der Waals surface area contributed by atoms with E-state index in [1.54, 1.807) is 6.20 Å². The third kappa shape index (κ3) is 4.37. The zero-order chi connectivity index (χ0) is 17.6. The lowest BCUT2D eigenvalue weighted by Crippen LogP contribution is -2.50. The summed E-state index contributed by atoms with van der Waals surface area (Å²) in [4.78, 5) is 18.7. The van der Waals surface area contributed by atoms with Gasteiger partial charge >= 0.3 is 0 Å². The third-order valence-corrected chi connectivity index (χ3v) is 4.54. The fourth-order valence-electron chi connectivity index (χ4n) is 3.05. The van der Waals surface area contributed by atoms with E-state index in [1.807, 2.05) is 47.5 Å². The van der Waals surface area contributed by atoms with Gasteiger partial charge in [-0.1, -0.05) is 32.0 Å². The molecule has 0 saturated carbocycles. The Hall–Kier alpha value is -2.40. The summed E-state index contributed by atoms with van der Waals surface area (Å²) in [7, 11) is 0. The number of hydrogen-bond acceptors (Lipinski definition) is 4. The first-order chi connectivity index (χ1) is 12.1. The van der Waals surface area contributed by atoms with Crippen LogP contribution in [-0.2, 0) is 4.79 Å². The molecular weight excluding hydrogens is 314 g/mol. The SMILES string of the molecule is CC(C)c1ccc(OCC(=O)N2CCNCC2c2cccnc2)cc1. The number of amides is 1. The molecule has 0 spiro atoms. The average molecular weight is 339 g/mol. The number of aromatic nitrogens is 1. The second-order valence-corrected chi connectivity index (χ2v) is 6.61. The Bertz CT molecular complexity index is 686. The van der Waals surface area contributed by atoms with Crippen LogP contribution in [0.25, 0.3) is 0 Å². The molecule has 1 N–H and O–H groups in total. The molecule has 0 radical (unpaired) electrons. The molecule has 2 heterocycles. The van der Waals surface area contributed by atoms with Crippen LogP contribution in [0.2, 0.25) is 0 Å². The van der Waals surface area contributed by atoms with E-state index in [0.29, 0.717) is 12.5 Å². The number of ether oxygens (including phenoxy) is 1. The largest absolute Gasteiger partial charge is 0.484 e. The van der Waals surface area contributed by atoms with Crippen molar-refractivity contribution in [2.75, 3.05) is 26.2 Å². The molecular formula is C20H25N3O2. The van der Waals surface area contributed by atoms with Crippen molar-refractivity contribution in [3.8, 4) is 5.75 Å². The van der Waals surface area contributed by atoms with Crippen molar-refractivity contribution >= 4 is 5.91 Å². The zero-order valence-electron chi connectivity index (χ0n) is 14.8. The van der Waals surface area contributed by atoms with Gasteiger partial charge < -0.3 is 15.0 Å².